The summed E-state index contributed by atoms with van der Waals surface area (Å²) >= 11 is 0. The van der Waals surface area contributed by atoms with E-state index in [2.05, 4.69) is 15.3 Å². The minimum Gasteiger partial charge on any atom is -0.475 e. The lowest BCUT2D eigenvalue weighted by Crippen LogP contribution is -2.38. The van der Waals surface area contributed by atoms with Gasteiger partial charge < -0.3 is 26.2 Å². The van der Waals surface area contributed by atoms with Crippen molar-refractivity contribution in [2.45, 2.75) is 24.8 Å². The third-order valence-corrected chi connectivity index (χ3v) is 4.29. The number of carbonyl (C=O) groups excluding carboxylic acids is 1. The number of carboxylic acid groups (broad SMARTS) is 2. The number of nitrogens with two attached hydrogens (primary N) is 1. The summed E-state index contributed by atoms with van der Waals surface area (Å²) in [5, 5.41) is 16.9. The van der Waals surface area contributed by atoms with Gasteiger partial charge in [0.2, 0.25) is 5.91 Å². The van der Waals surface area contributed by atoms with Crippen molar-refractivity contribution < 1.29 is 50.9 Å². The molecule has 0 radical (unpaired) electrons. The van der Waals surface area contributed by atoms with Crippen LogP contribution < -0.4 is 16.6 Å². The first kappa shape index (κ1) is 32.3. The van der Waals surface area contributed by atoms with E-state index in [4.69, 9.17) is 25.5 Å². The number of anilines is 1. The number of aliphatic carboxylic acids is 2. The molecule has 0 aliphatic carbocycles. The van der Waals surface area contributed by atoms with Crippen molar-refractivity contribution in [2.75, 3.05) is 5.32 Å². The van der Waals surface area contributed by atoms with Gasteiger partial charge in [-0.05, 0) is 35.7 Å². The lowest BCUT2D eigenvalue weighted by molar-refractivity contribution is -0.193. The van der Waals surface area contributed by atoms with Gasteiger partial charge in [-0.2, -0.15) is 26.3 Å². The van der Waals surface area contributed by atoms with E-state index in [9.17, 15) is 35.9 Å². The molecule has 1 aromatic carbocycles. The summed E-state index contributed by atoms with van der Waals surface area (Å²) in [6.45, 7) is 0. The van der Waals surface area contributed by atoms with Crippen molar-refractivity contribution in [1.82, 2.24) is 9.97 Å². The number of hydrogen-bond acceptors (Lipinski definition) is 6. The Bertz CT molecular complexity index is 1270. The zero-order valence-corrected chi connectivity index (χ0v) is 19.5. The van der Waals surface area contributed by atoms with Crippen LogP contribution in [0.2, 0.25) is 0 Å². The van der Waals surface area contributed by atoms with E-state index in [1.807, 2.05) is 42.5 Å². The van der Waals surface area contributed by atoms with Crippen molar-refractivity contribution >= 4 is 23.5 Å². The summed E-state index contributed by atoms with van der Waals surface area (Å²) in [5.74, 6) is -5.92. The number of alkyl halides is 6. The van der Waals surface area contributed by atoms with Gasteiger partial charge in [0, 0.05) is 24.2 Å². The predicted molar refractivity (Wildman–Crippen MR) is 124 cm³/mol. The summed E-state index contributed by atoms with van der Waals surface area (Å²) in [6.07, 6.45) is -4.85. The fraction of sp³-hybridized carbons (Fsp3) is 0.174. The van der Waals surface area contributed by atoms with Crippen LogP contribution in [0.5, 0.6) is 0 Å². The number of aromatic nitrogens is 2. The van der Waals surface area contributed by atoms with Crippen LogP contribution in [0.15, 0.2) is 71.9 Å². The van der Waals surface area contributed by atoms with E-state index in [1.54, 1.807) is 24.7 Å². The quantitative estimate of drug-likeness (QED) is 0.295. The first-order valence-electron chi connectivity index (χ1n) is 10.4. The second-order valence-corrected chi connectivity index (χ2v) is 7.26. The number of halogens is 6. The van der Waals surface area contributed by atoms with Gasteiger partial charge in [0.1, 0.15) is 5.69 Å². The SMILES string of the molecule is N[C@H](Cc1ccccc1)C(=O)Nc1cc(-c2ccncc2)c[nH]c1=O.O=C(O)C(F)(F)F.O=C(O)C(F)(F)F. The van der Waals surface area contributed by atoms with Gasteiger partial charge >= 0.3 is 24.3 Å². The van der Waals surface area contributed by atoms with Gasteiger partial charge in [0.05, 0.1) is 6.04 Å². The molecule has 3 aromatic rings. The molecule has 1 amide bonds. The highest BCUT2D eigenvalue weighted by molar-refractivity contribution is 5.95. The third kappa shape index (κ3) is 11.9. The monoisotopic (exact) mass is 562 g/mol. The van der Waals surface area contributed by atoms with E-state index in [1.165, 1.54) is 0 Å². The van der Waals surface area contributed by atoms with Gasteiger partial charge in [0.15, 0.2) is 0 Å². The van der Waals surface area contributed by atoms with Crippen molar-refractivity contribution in [2.24, 2.45) is 5.73 Å². The minimum absolute atomic E-state index is 0.169. The van der Waals surface area contributed by atoms with Gasteiger partial charge in [-0.1, -0.05) is 30.3 Å². The van der Waals surface area contributed by atoms with Crippen molar-refractivity contribution in [3.8, 4) is 11.1 Å². The van der Waals surface area contributed by atoms with E-state index in [-0.39, 0.29) is 11.2 Å². The molecule has 0 aliphatic heterocycles. The summed E-state index contributed by atoms with van der Waals surface area (Å²) in [7, 11) is 0. The number of amides is 1. The zero-order valence-electron chi connectivity index (χ0n) is 19.5. The van der Waals surface area contributed by atoms with Crippen molar-refractivity contribution in [3.63, 3.8) is 0 Å². The van der Waals surface area contributed by atoms with Crippen molar-refractivity contribution in [3.05, 3.63) is 83.0 Å². The topological polar surface area (TPSA) is 175 Å². The van der Waals surface area contributed by atoms with E-state index in [0.717, 1.165) is 16.7 Å². The molecule has 0 aliphatic rings. The number of nitrogens with one attached hydrogen (secondary N) is 2. The van der Waals surface area contributed by atoms with Crippen LogP contribution in [0.1, 0.15) is 5.56 Å². The molecular weight excluding hydrogens is 542 g/mol. The molecule has 0 saturated carbocycles. The van der Waals surface area contributed by atoms with Gasteiger partial charge in [0.25, 0.3) is 5.56 Å². The van der Waals surface area contributed by atoms with Crippen LogP contribution in [0.4, 0.5) is 32.0 Å². The Balaban J connectivity index is 0.000000449. The van der Waals surface area contributed by atoms with Crippen molar-refractivity contribution in [1.29, 1.82) is 0 Å². The standard InChI is InChI=1S/C19H18N4O2.2C2HF3O2/c20-16(10-13-4-2-1-3-5-13)18(24)23-17-11-15(12-22-19(17)25)14-6-8-21-9-7-14;2*3-2(4,5)1(6)7/h1-9,11-12,16H,10,20H2,(H,22,25)(H,23,24);2*(H,6,7)/t16-;;/m1../s1. The molecule has 0 saturated heterocycles. The molecule has 0 fully saturated rings. The van der Waals surface area contributed by atoms with E-state index >= 15 is 0 Å². The average Bonchev–Trinajstić information content (AvgIpc) is 2.86. The molecule has 210 valence electrons. The molecule has 0 unspecified atom stereocenters. The maximum Gasteiger partial charge on any atom is 0.490 e. The molecule has 2 aromatic heterocycles. The number of carboxylic acids is 2. The highest BCUT2D eigenvalue weighted by atomic mass is 19.4. The molecule has 2 heterocycles. The Morgan fingerprint density at radius 1 is 0.897 bits per heavy atom. The van der Waals surface area contributed by atoms with Crippen LogP contribution in [-0.4, -0.2) is 56.4 Å². The Labute approximate surface area is 215 Å². The van der Waals surface area contributed by atoms with Crippen LogP contribution in [0.3, 0.4) is 0 Å². The normalized spacial score (nSPS) is 11.6. The second kappa shape index (κ2) is 14.3. The number of aromatic amines is 1. The summed E-state index contributed by atoms with van der Waals surface area (Å²) in [4.78, 5) is 48.7. The first-order valence-corrected chi connectivity index (χ1v) is 10.4. The molecule has 1 atom stereocenters. The van der Waals surface area contributed by atoms with Gasteiger partial charge in [-0.25, -0.2) is 9.59 Å². The molecule has 3 rings (SSSR count). The van der Waals surface area contributed by atoms with Crippen LogP contribution >= 0.6 is 0 Å². The predicted octanol–water partition coefficient (Wildman–Crippen LogP) is 3.21. The first-order chi connectivity index (χ1) is 18.0. The molecule has 0 spiro atoms. The highest BCUT2D eigenvalue weighted by Crippen LogP contribution is 2.19. The molecule has 0 bridgehead atoms. The summed E-state index contributed by atoms with van der Waals surface area (Å²) in [6, 6.07) is 14.0. The van der Waals surface area contributed by atoms with E-state index < -0.39 is 36.2 Å². The number of rotatable bonds is 5. The number of H-pyrrole nitrogens is 1. The van der Waals surface area contributed by atoms with Crippen LogP contribution in [-0.2, 0) is 20.8 Å². The lowest BCUT2D eigenvalue weighted by atomic mass is 10.1. The second-order valence-electron chi connectivity index (χ2n) is 7.26. The molecule has 10 nitrogen and oxygen atoms in total. The fourth-order valence-electron chi connectivity index (χ4n) is 2.47. The van der Waals surface area contributed by atoms with Crippen LogP contribution in [0.25, 0.3) is 11.1 Å². The maximum absolute atomic E-state index is 12.3. The molecule has 6 N–H and O–H groups in total. The lowest BCUT2D eigenvalue weighted by Gasteiger charge is -2.12. The average molecular weight is 562 g/mol. The third-order valence-electron chi connectivity index (χ3n) is 4.29. The zero-order chi connectivity index (χ0) is 29.8. The summed E-state index contributed by atoms with van der Waals surface area (Å²) in [5.41, 5.74) is 8.38. The molecular formula is C23H20F6N4O6. The van der Waals surface area contributed by atoms with Crippen LogP contribution in [0, 0.1) is 0 Å². The highest BCUT2D eigenvalue weighted by Gasteiger charge is 2.38. The largest absolute Gasteiger partial charge is 0.490 e. The fourth-order valence-corrected chi connectivity index (χ4v) is 2.47. The number of pyridine rings is 2. The number of hydrogen-bond donors (Lipinski definition) is 5. The Morgan fingerprint density at radius 3 is 1.85 bits per heavy atom. The molecule has 16 heteroatoms. The number of nitrogens with zero attached hydrogens (tertiary/aromatic N) is 1. The Kier molecular flexibility index (Phi) is 11.8. The minimum atomic E-state index is -5.08. The van der Waals surface area contributed by atoms with Gasteiger partial charge in [-0.15, -0.1) is 0 Å². The van der Waals surface area contributed by atoms with Gasteiger partial charge in [-0.3, -0.25) is 14.6 Å². The Hall–Kier alpha value is -4.73. The van der Waals surface area contributed by atoms with E-state index in [0.29, 0.717) is 6.42 Å². The summed E-state index contributed by atoms with van der Waals surface area (Å²) < 4.78 is 63.5. The smallest absolute Gasteiger partial charge is 0.475 e. The molecule has 39 heavy (non-hydrogen) atoms. The number of carbonyl (C=O) groups is 3. The number of benzene rings is 1. The maximum atomic E-state index is 12.3. The Morgan fingerprint density at radius 2 is 1.38 bits per heavy atom.